The van der Waals surface area contributed by atoms with Crippen LogP contribution in [-0.4, -0.2) is 15.0 Å². The Morgan fingerprint density at radius 1 is 0.392 bits per heavy atom. The van der Waals surface area contributed by atoms with Gasteiger partial charge in [-0.05, 0) is 46.2 Å². The van der Waals surface area contributed by atoms with Crippen LogP contribution in [0.15, 0.2) is 180 Å². The van der Waals surface area contributed by atoms with E-state index >= 15 is 0 Å². The largest absolute Gasteiger partial charge is 0.455 e. The SMILES string of the molecule is c1ccc(-c2ccc(-c3cc(-c4ccc5nc(-c6cccc7ccccc67)c6c7ccccc7oc6c5c4)nc(-c4ccccc4)n3)cc2)cc1. The second-order valence-electron chi connectivity index (χ2n) is 12.8. The average molecular weight is 652 g/mol. The van der Waals surface area contributed by atoms with Crippen molar-refractivity contribution in [2.75, 3.05) is 0 Å². The van der Waals surface area contributed by atoms with E-state index in [0.29, 0.717) is 5.82 Å². The Balaban J connectivity index is 1.17. The Labute approximate surface area is 294 Å². The van der Waals surface area contributed by atoms with E-state index in [9.17, 15) is 0 Å². The molecule has 3 aromatic heterocycles. The van der Waals surface area contributed by atoms with Gasteiger partial charge in [-0.15, -0.1) is 0 Å². The zero-order valence-electron chi connectivity index (χ0n) is 27.5. The molecule has 0 spiro atoms. The van der Waals surface area contributed by atoms with Crippen LogP contribution in [0.3, 0.4) is 0 Å². The summed E-state index contributed by atoms with van der Waals surface area (Å²) in [5.41, 5.74) is 11.5. The molecule has 0 aliphatic heterocycles. The Hall–Kier alpha value is -6.91. The second kappa shape index (κ2) is 11.9. The molecule has 0 N–H and O–H groups in total. The maximum Gasteiger partial charge on any atom is 0.160 e. The predicted molar refractivity (Wildman–Crippen MR) is 209 cm³/mol. The van der Waals surface area contributed by atoms with Crippen LogP contribution >= 0.6 is 0 Å². The summed E-state index contributed by atoms with van der Waals surface area (Å²) < 4.78 is 6.69. The Bertz CT molecular complexity index is 2890. The number of hydrogen-bond acceptors (Lipinski definition) is 4. The lowest BCUT2D eigenvalue weighted by Crippen LogP contribution is -1.96. The highest BCUT2D eigenvalue weighted by molar-refractivity contribution is 6.21. The first-order chi connectivity index (χ1) is 25.3. The average Bonchev–Trinajstić information content (AvgIpc) is 3.61. The topological polar surface area (TPSA) is 51.8 Å². The molecule has 0 saturated heterocycles. The molecule has 0 atom stereocenters. The molecule has 0 saturated carbocycles. The molecule has 0 fully saturated rings. The summed E-state index contributed by atoms with van der Waals surface area (Å²) >= 11 is 0. The van der Waals surface area contributed by atoms with E-state index in [0.717, 1.165) is 83.1 Å². The number of fused-ring (bicyclic) bond motifs is 6. The van der Waals surface area contributed by atoms with Crippen molar-refractivity contribution in [1.29, 1.82) is 0 Å². The number of rotatable bonds is 5. The number of benzene rings is 7. The molecule has 0 radical (unpaired) electrons. The predicted octanol–water partition coefficient (Wildman–Crippen LogP) is 12.4. The molecule has 3 heterocycles. The summed E-state index contributed by atoms with van der Waals surface area (Å²) in [5, 5.41) is 5.34. The van der Waals surface area contributed by atoms with Crippen LogP contribution in [0.1, 0.15) is 0 Å². The molecule has 7 aromatic carbocycles. The highest BCUT2D eigenvalue weighted by atomic mass is 16.3. The van der Waals surface area contributed by atoms with E-state index < -0.39 is 0 Å². The fourth-order valence-corrected chi connectivity index (χ4v) is 7.17. The molecule has 0 bridgehead atoms. The van der Waals surface area contributed by atoms with E-state index in [1.165, 1.54) is 10.9 Å². The first-order valence-corrected chi connectivity index (χ1v) is 17.1. The molecule has 4 nitrogen and oxygen atoms in total. The molecule has 0 aliphatic carbocycles. The van der Waals surface area contributed by atoms with Crippen molar-refractivity contribution >= 4 is 43.6 Å². The van der Waals surface area contributed by atoms with E-state index in [1.807, 2.05) is 36.4 Å². The van der Waals surface area contributed by atoms with Crippen molar-refractivity contribution in [3.05, 3.63) is 176 Å². The van der Waals surface area contributed by atoms with Gasteiger partial charge in [0.1, 0.15) is 11.2 Å². The highest BCUT2D eigenvalue weighted by Gasteiger charge is 2.20. The monoisotopic (exact) mass is 651 g/mol. The van der Waals surface area contributed by atoms with Gasteiger partial charge in [0.15, 0.2) is 5.82 Å². The summed E-state index contributed by atoms with van der Waals surface area (Å²) in [6, 6.07) is 60.7. The van der Waals surface area contributed by atoms with Gasteiger partial charge in [-0.2, -0.15) is 0 Å². The number of para-hydroxylation sites is 1. The molecular formula is C47H29N3O. The highest BCUT2D eigenvalue weighted by Crippen LogP contribution is 2.42. The smallest absolute Gasteiger partial charge is 0.160 e. The van der Waals surface area contributed by atoms with Gasteiger partial charge in [0.05, 0.1) is 28.0 Å². The molecule has 0 unspecified atom stereocenters. The zero-order valence-corrected chi connectivity index (χ0v) is 27.5. The third kappa shape index (κ3) is 5.04. The number of nitrogens with zero attached hydrogens (tertiary/aromatic N) is 3. The Morgan fingerprint density at radius 3 is 1.80 bits per heavy atom. The maximum absolute atomic E-state index is 6.69. The lowest BCUT2D eigenvalue weighted by molar-refractivity contribution is 0.672. The van der Waals surface area contributed by atoms with Gasteiger partial charge in [0, 0.05) is 33.0 Å². The van der Waals surface area contributed by atoms with E-state index in [1.54, 1.807) is 0 Å². The lowest BCUT2D eigenvalue weighted by atomic mass is 9.97. The third-order valence-corrected chi connectivity index (χ3v) is 9.69. The summed E-state index contributed by atoms with van der Waals surface area (Å²) in [6.45, 7) is 0. The fourth-order valence-electron chi connectivity index (χ4n) is 7.17. The number of hydrogen-bond donors (Lipinski definition) is 0. The molecule has 0 amide bonds. The number of aromatic nitrogens is 3. The van der Waals surface area contributed by atoms with Crippen molar-refractivity contribution < 1.29 is 4.42 Å². The first-order valence-electron chi connectivity index (χ1n) is 17.1. The molecule has 51 heavy (non-hydrogen) atoms. The molecule has 10 rings (SSSR count). The summed E-state index contributed by atoms with van der Waals surface area (Å²) in [4.78, 5) is 15.6. The van der Waals surface area contributed by atoms with Crippen molar-refractivity contribution in [2.24, 2.45) is 0 Å². The fraction of sp³-hybridized carbons (Fsp3) is 0. The van der Waals surface area contributed by atoms with Crippen LogP contribution < -0.4 is 0 Å². The number of pyridine rings is 1. The quantitative estimate of drug-likeness (QED) is 0.186. The molecule has 238 valence electrons. The minimum absolute atomic E-state index is 0.675. The van der Waals surface area contributed by atoms with Crippen molar-refractivity contribution in [1.82, 2.24) is 15.0 Å². The molecular weight excluding hydrogens is 623 g/mol. The van der Waals surface area contributed by atoms with E-state index in [2.05, 4.69) is 140 Å². The van der Waals surface area contributed by atoms with Gasteiger partial charge < -0.3 is 4.42 Å². The number of furan rings is 1. The first kappa shape index (κ1) is 29.0. The lowest BCUT2D eigenvalue weighted by Gasteiger charge is -2.12. The zero-order chi connectivity index (χ0) is 33.7. The summed E-state index contributed by atoms with van der Waals surface area (Å²) in [6.07, 6.45) is 0. The van der Waals surface area contributed by atoms with Crippen LogP contribution in [0.2, 0.25) is 0 Å². The van der Waals surface area contributed by atoms with E-state index in [4.69, 9.17) is 19.4 Å². The van der Waals surface area contributed by atoms with Crippen LogP contribution in [0, 0.1) is 0 Å². The minimum atomic E-state index is 0.675. The third-order valence-electron chi connectivity index (χ3n) is 9.69. The normalized spacial score (nSPS) is 11.5. The Kier molecular flexibility index (Phi) is 6.78. The maximum atomic E-state index is 6.69. The van der Waals surface area contributed by atoms with Gasteiger partial charge in [0.2, 0.25) is 0 Å². The molecule has 0 aliphatic rings. The second-order valence-corrected chi connectivity index (χ2v) is 12.8. The molecule has 4 heteroatoms. The van der Waals surface area contributed by atoms with Crippen molar-refractivity contribution in [2.45, 2.75) is 0 Å². The van der Waals surface area contributed by atoms with Gasteiger partial charge >= 0.3 is 0 Å². The summed E-state index contributed by atoms with van der Waals surface area (Å²) in [5.74, 6) is 0.675. The van der Waals surface area contributed by atoms with Crippen LogP contribution in [-0.2, 0) is 0 Å². The Morgan fingerprint density at radius 2 is 1.00 bits per heavy atom. The van der Waals surface area contributed by atoms with Crippen LogP contribution in [0.25, 0.3) is 99.9 Å². The summed E-state index contributed by atoms with van der Waals surface area (Å²) in [7, 11) is 0. The molecule has 10 aromatic rings. The van der Waals surface area contributed by atoms with Crippen LogP contribution in [0.4, 0.5) is 0 Å². The van der Waals surface area contributed by atoms with Gasteiger partial charge in [0.25, 0.3) is 0 Å². The standard InChI is InChI=1S/C47H29N3O/c1-3-12-30(13-4-1)31-22-24-33(25-23-31)41-29-42(50-47(49-41)34-15-5-2-6-16-34)35-26-27-40-39(28-35)46-44(38-19-9-10-21-43(38)51-46)45(48-40)37-20-11-17-32-14-7-8-18-36(32)37/h1-29H. The minimum Gasteiger partial charge on any atom is -0.455 e. The van der Waals surface area contributed by atoms with Gasteiger partial charge in [-0.25, -0.2) is 15.0 Å². The van der Waals surface area contributed by atoms with E-state index in [-0.39, 0.29) is 0 Å². The van der Waals surface area contributed by atoms with Crippen LogP contribution in [0.5, 0.6) is 0 Å². The van der Waals surface area contributed by atoms with Crippen molar-refractivity contribution in [3.8, 4) is 56.3 Å². The van der Waals surface area contributed by atoms with Crippen molar-refractivity contribution in [3.63, 3.8) is 0 Å². The van der Waals surface area contributed by atoms with Gasteiger partial charge in [-0.1, -0.05) is 152 Å². The van der Waals surface area contributed by atoms with Gasteiger partial charge in [-0.3, -0.25) is 0 Å².